The molecule has 0 atom stereocenters. The molecule has 0 bridgehead atoms. The van der Waals surface area contributed by atoms with Gasteiger partial charge in [0.05, 0.1) is 13.1 Å². The van der Waals surface area contributed by atoms with E-state index in [4.69, 9.17) is 16.1 Å². The van der Waals surface area contributed by atoms with Crippen molar-refractivity contribution in [2.75, 3.05) is 7.05 Å². The highest BCUT2D eigenvalue weighted by molar-refractivity contribution is 14.0. The van der Waals surface area contributed by atoms with Gasteiger partial charge in [-0.2, -0.15) is 10.1 Å². The first-order valence-corrected chi connectivity index (χ1v) is 7.89. The second-order valence-electron chi connectivity index (χ2n) is 5.10. The standard InChI is InChI=1S/C15H17ClN8O.HI/c1-17-15(18-7-12-20-9-21-24(12)2)19-8-13-22-14(23-25-13)10-4-3-5-11(16)6-10;/h3-6,9H,7-8H2,1-2H3,(H2,17,18,19);1H. The van der Waals surface area contributed by atoms with Crippen molar-refractivity contribution < 1.29 is 4.52 Å². The Morgan fingerprint density at radius 1 is 1.31 bits per heavy atom. The number of nitrogens with zero attached hydrogens (tertiary/aromatic N) is 6. The van der Waals surface area contributed by atoms with Crippen LogP contribution in [0.5, 0.6) is 0 Å². The maximum atomic E-state index is 5.98. The van der Waals surface area contributed by atoms with E-state index in [-0.39, 0.29) is 24.0 Å². The molecule has 0 saturated heterocycles. The van der Waals surface area contributed by atoms with Gasteiger partial charge in [-0.25, -0.2) is 4.98 Å². The van der Waals surface area contributed by atoms with E-state index in [0.717, 1.165) is 11.4 Å². The monoisotopic (exact) mass is 488 g/mol. The fourth-order valence-electron chi connectivity index (χ4n) is 2.09. The highest BCUT2D eigenvalue weighted by atomic mass is 127. The minimum absolute atomic E-state index is 0. The molecule has 0 aliphatic carbocycles. The van der Waals surface area contributed by atoms with Crippen LogP contribution in [0, 0.1) is 0 Å². The van der Waals surface area contributed by atoms with E-state index in [1.165, 1.54) is 6.33 Å². The molecule has 3 aromatic rings. The van der Waals surface area contributed by atoms with Crippen molar-refractivity contribution in [1.82, 2.24) is 35.5 Å². The lowest BCUT2D eigenvalue weighted by Gasteiger charge is -2.09. The molecule has 0 spiro atoms. The van der Waals surface area contributed by atoms with E-state index in [1.54, 1.807) is 23.9 Å². The molecule has 9 nitrogen and oxygen atoms in total. The molecule has 0 amide bonds. The Morgan fingerprint density at radius 2 is 2.12 bits per heavy atom. The van der Waals surface area contributed by atoms with Gasteiger partial charge in [-0.3, -0.25) is 9.67 Å². The molecule has 0 aliphatic rings. The Balaban J connectivity index is 0.00000243. The van der Waals surface area contributed by atoms with Crippen LogP contribution in [0.4, 0.5) is 0 Å². The highest BCUT2D eigenvalue weighted by Gasteiger charge is 2.10. The average molecular weight is 489 g/mol. The minimum Gasteiger partial charge on any atom is -0.349 e. The number of guanidine groups is 1. The molecule has 2 heterocycles. The van der Waals surface area contributed by atoms with Gasteiger partial charge in [0.25, 0.3) is 0 Å². The zero-order chi connectivity index (χ0) is 17.6. The Hall–Kier alpha value is -2.21. The number of aromatic nitrogens is 5. The molecule has 2 aromatic heterocycles. The van der Waals surface area contributed by atoms with Gasteiger partial charge < -0.3 is 15.2 Å². The molecule has 2 N–H and O–H groups in total. The summed E-state index contributed by atoms with van der Waals surface area (Å²) < 4.78 is 6.94. The molecule has 0 saturated carbocycles. The van der Waals surface area contributed by atoms with E-state index < -0.39 is 0 Å². The largest absolute Gasteiger partial charge is 0.349 e. The van der Waals surface area contributed by atoms with Crippen LogP contribution >= 0.6 is 35.6 Å². The normalized spacial score (nSPS) is 11.1. The van der Waals surface area contributed by atoms with Gasteiger partial charge in [-0.15, -0.1) is 24.0 Å². The summed E-state index contributed by atoms with van der Waals surface area (Å²) in [7, 11) is 3.51. The van der Waals surface area contributed by atoms with Gasteiger partial charge in [0.2, 0.25) is 11.7 Å². The van der Waals surface area contributed by atoms with Crippen molar-refractivity contribution in [2.45, 2.75) is 13.1 Å². The molecule has 0 unspecified atom stereocenters. The lowest BCUT2D eigenvalue weighted by molar-refractivity contribution is 0.375. The van der Waals surface area contributed by atoms with Crippen LogP contribution in [0.1, 0.15) is 11.7 Å². The SMILES string of the molecule is CN=C(NCc1nc(-c2cccc(Cl)c2)no1)NCc1ncnn1C.I. The summed E-state index contributed by atoms with van der Waals surface area (Å²) in [5.74, 6) is 2.31. The summed E-state index contributed by atoms with van der Waals surface area (Å²) in [5.41, 5.74) is 0.798. The maximum absolute atomic E-state index is 5.98. The first-order chi connectivity index (χ1) is 12.2. The Morgan fingerprint density at radius 3 is 2.81 bits per heavy atom. The molecule has 3 rings (SSSR count). The van der Waals surface area contributed by atoms with Crippen molar-refractivity contribution in [3.05, 3.63) is 47.3 Å². The second kappa shape index (κ2) is 9.48. The van der Waals surface area contributed by atoms with Crippen LogP contribution in [-0.4, -0.2) is 37.9 Å². The quantitative estimate of drug-likeness (QED) is 0.321. The third kappa shape index (κ3) is 5.14. The van der Waals surface area contributed by atoms with Crippen molar-refractivity contribution >= 4 is 41.5 Å². The van der Waals surface area contributed by atoms with E-state index >= 15 is 0 Å². The fourth-order valence-corrected chi connectivity index (χ4v) is 2.28. The van der Waals surface area contributed by atoms with E-state index in [1.807, 2.05) is 19.2 Å². The van der Waals surface area contributed by atoms with Crippen LogP contribution in [-0.2, 0) is 20.1 Å². The van der Waals surface area contributed by atoms with Gasteiger partial charge in [0.1, 0.15) is 12.2 Å². The topological polar surface area (TPSA) is 106 Å². The Kier molecular flexibility index (Phi) is 7.33. The van der Waals surface area contributed by atoms with Crippen molar-refractivity contribution in [1.29, 1.82) is 0 Å². The van der Waals surface area contributed by atoms with Crippen LogP contribution < -0.4 is 10.6 Å². The lowest BCUT2D eigenvalue weighted by atomic mass is 10.2. The number of rotatable bonds is 5. The minimum atomic E-state index is 0. The zero-order valence-electron chi connectivity index (χ0n) is 14.2. The Labute approximate surface area is 172 Å². The number of benzene rings is 1. The van der Waals surface area contributed by atoms with Gasteiger partial charge in [0.15, 0.2) is 5.96 Å². The summed E-state index contributed by atoms with van der Waals surface area (Å²) in [6.07, 6.45) is 1.50. The van der Waals surface area contributed by atoms with Crippen LogP contribution in [0.25, 0.3) is 11.4 Å². The number of hydrogen-bond acceptors (Lipinski definition) is 6. The van der Waals surface area contributed by atoms with Gasteiger partial charge >= 0.3 is 0 Å². The number of hydrogen-bond donors (Lipinski definition) is 2. The molecule has 0 aliphatic heterocycles. The van der Waals surface area contributed by atoms with Crippen LogP contribution in [0.3, 0.4) is 0 Å². The van der Waals surface area contributed by atoms with Crippen LogP contribution in [0.15, 0.2) is 40.1 Å². The number of aliphatic imine (C=N–C) groups is 1. The van der Waals surface area contributed by atoms with Crippen molar-refractivity contribution in [2.24, 2.45) is 12.0 Å². The summed E-state index contributed by atoms with van der Waals surface area (Å²) in [6, 6.07) is 7.28. The predicted molar refractivity (Wildman–Crippen MR) is 108 cm³/mol. The number of aryl methyl sites for hydroxylation is 1. The Bertz CT molecular complexity index is 878. The molecule has 0 radical (unpaired) electrons. The third-order valence-corrected chi connectivity index (χ3v) is 3.64. The maximum Gasteiger partial charge on any atom is 0.246 e. The number of nitrogens with one attached hydrogen (secondary N) is 2. The molecular formula is C15H18ClIN8O. The fraction of sp³-hybridized carbons (Fsp3) is 0.267. The van der Waals surface area contributed by atoms with E-state index in [9.17, 15) is 0 Å². The molecule has 26 heavy (non-hydrogen) atoms. The van der Waals surface area contributed by atoms with Crippen molar-refractivity contribution in [3.8, 4) is 11.4 Å². The van der Waals surface area contributed by atoms with Gasteiger partial charge in [-0.1, -0.05) is 28.9 Å². The first-order valence-electron chi connectivity index (χ1n) is 7.51. The van der Waals surface area contributed by atoms with E-state index in [2.05, 4.69) is 35.8 Å². The van der Waals surface area contributed by atoms with Gasteiger partial charge in [0, 0.05) is 24.7 Å². The van der Waals surface area contributed by atoms with Crippen LogP contribution in [0.2, 0.25) is 5.02 Å². The molecule has 138 valence electrons. The molecule has 11 heteroatoms. The lowest BCUT2D eigenvalue weighted by Crippen LogP contribution is -2.37. The smallest absolute Gasteiger partial charge is 0.246 e. The zero-order valence-corrected chi connectivity index (χ0v) is 17.3. The number of halogens is 2. The summed E-state index contributed by atoms with van der Waals surface area (Å²) in [4.78, 5) is 12.6. The second-order valence-corrected chi connectivity index (χ2v) is 5.54. The molecular weight excluding hydrogens is 471 g/mol. The summed E-state index contributed by atoms with van der Waals surface area (Å²) in [6.45, 7) is 0.833. The molecule has 0 fully saturated rings. The summed E-state index contributed by atoms with van der Waals surface area (Å²) >= 11 is 5.98. The third-order valence-electron chi connectivity index (χ3n) is 3.40. The highest BCUT2D eigenvalue weighted by Crippen LogP contribution is 2.19. The average Bonchev–Trinajstić information content (AvgIpc) is 3.24. The molecule has 1 aromatic carbocycles. The summed E-state index contributed by atoms with van der Waals surface area (Å²) in [5, 5.41) is 14.8. The predicted octanol–water partition coefficient (Wildman–Crippen LogP) is 2.00. The van der Waals surface area contributed by atoms with Gasteiger partial charge in [-0.05, 0) is 12.1 Å². The first kappa shape index (κ1) is 20.1. The van der Waals surface area contributed by atoms with Crippen molar-refractivity contribution in [3.63, 3.8) is 0 Å². The van der Waals surface area contributed by atoms with E-state index in [0.29, 0.717) is 35.8 Å².